The van der Waals surface area contributed by atoms with Crippen LogP contribution >= 0.6 is 11.3 Å². The molecule has 4 heteroatoms. The summed E-state index contributed by atoms with van der Waals surface area (Å²) in [4.78, 5) is 11.7. The van der Waals surface area contributed by atoms with Crippen LogP contribution in [0, 0.1) is 5.41 Å². The van der Waals surface area contributed by atoms with Gasteiger partial charge in [-0.15, -0.1) is 11.3 Å². The molecule has 1 N–H and O–H groups in total. The summed E-state index contributed by atoms with van der Waals surface area (Å²) in [5.41, 5.74) is 0.836. The number of rotatable bonds is 4. The summed E-state index contributed by atoms with van der Waals surface area (Å²) in [6, 6.07) is 8.29. The molecule has 0 atom stereocenters. The third kappa shape index (κ3) is 1.86. The number of benzene rings is 1. The SMILES string of the molecule is COC(=O)C1(CNc2csc3ccccc23)CC1. The van der Waals surface area contributed by atoms with Crippen LogP contribution in [-0.4, -0.2) is 19.6 Å². The van der Waals surface area contributed by atoms with Crippen LogP contribution in [0.25, 0.3) is 10.1 Å². The summed E-state index contributed by atoms with van der Waals surface area (Å²) in [5.74, 6) is -0.0884. The molecule has 3 rings (SSSR count). The number of esters is 1. The number of carbonyl (C=O) groups is 1. The molecule has 1 aromatic heterocycles. The average molecular weight is 261 g/mol. The Morgan fingerprint density at radius 2 is 2.22 bits per heavy atom. The van der Waals surface area contributed by atoms with Crippen LogP contribution in [-0.2, 0) is 9.53 Å². The van der Waals surface area contributed by atoms with Gasteiger partial charge < -0.3 is 10.1 Å². The molecular weight excluding hydrogens is 246 g/mol. The van der Waals surface area contributed by atoms with Gasteiger partial charge in [-0.1, -0.05) is 18.2 Å². The molecule has 0 amide bonds. The molecule has 1 aliphatic carbocycles. The van der Waals surface area contributed by atoms with Crippen molar-refractivity contribution in [2.75, 3.05) is 19.0 Å². The summed E-state index contributed by atoms with van der Waals surface area (Å²) < 4.78 is 6.13. The third-order valence-electron chi connectivity index (χ3n) is 3.57. The number of hydrogen-bond donors (Lipinski definition) is 1. The molecule has 1 aromatic carbocycles. The highest BCUT2D eigenvalue weighted by Gasteiger charge is 2.50. The minimum atomic E-state index is -0.280. The van der Waals surface area contributed by atoms with Crippen molar-refractivity contribution in [1.82, 2.24) is 0 Å². The zero-order valence-electron chi connectivity index (χ0n) is 10.2. The molecule has 1 aliphatic rings. The van der Waals surface area contributed by atoms with Crippen LogP contribution in [0.3, 0.4) is 0 Å². The minimum Gasteiger partial charge on any atom is -0.469 e. The highest BCUT2D eigenvalue weighted by molar-refractivity contribution is 7.17. The molecule has 18 heavy (non-hydrogen) atoms. The standard InChI is InChI=1S/C14H15NO2S/c1-17-13(16)14(6-7-14)9-15-11-8-18-12-5-3-2-4-10(11)12/h2-5,8,15H,6-7,9H2,1H3. The van der Waals surface area contributed by atoms with Gasteiger partial charge in [0.1, 0.15) is 0 Å². The molecule has 3 nitrogen and oxygen atoms in total. The van der Waals surface area contributed by atoms with Gasteiger partial charge in [0.15, 0.2) is 0 Å². The average Bonchev–Trinajstić information content (AvgIpc) is 3.10. The summed E-state index contributed by atoms with van der Waals surface area (Å²) in [6.45, 7) is 0.667. The topological polar surface area (TPSA) is 38.3 Å². The molecular formula is C14H15NO2S. The van der Waals surface area contributed by atoms with Crippen molar-refractivity contribution in [3.8, 4) is 0 Å². The van der Waals surface area contributed by atoms with E-state index >= 15 is 0 Å². The molecule has 1 fully saturated rings. The first-order chi connectivity index (χ1) is 8.75. The van der Waals surface area contributed by atoms with Gasteiger partial charge in [-0.25, -0.2) is 0 Å². The first-order valence-electron chi connectivity index (χ1n) is 6.04. The zero-order valence-corrected chi connectivity index (χ0v) is 11.0. The molecule has 0 saturated heterocycles. The van der Waals surface area contributed by atoms with Crippen LogP contribution in [0.1, 0.15) is 12.8 Å². The Morgan fingerprint density at radius 1 is 1.44 bits per heavy atom. The van der Waals surface area contributed by atoms with E-state index in [0.29, 0.717) is 6.54 Å². The second kappa shape index (κ2) is 4.28. The largest absolute Gasteiger partial charge is 0.469 e. The maximum absolute atomic E-state index is 11.7. The lowest BCUT2D eigenvalue weighted by atomic mass is 10.1. The van der Waals surface area contributed by atoms with Crippen molar-refractivity contribution in [2.45, 2.75) is 12.8 Å². The Morgan fingerprint density at radius 3 is 2.94 bits per heavy atom. The van der Waals surface area contributed by atoms with E-state index in [1.807, 2.05) is 12.1 Å². The minimum absolute atomic E-state index is 0.0884. The van der Waals surface area contributed by atoms with Gasteiger partial charge in [0.2, 0.25) is 0 Å². The van der Waals surface area contributed by atoms with Gasteiger partial charge in [-0.05, 0) is 18.9 Å². The zero-order chi connectivity index (χ0) is 12.6. The van der Waals surface area contributed by atoms with Crippen molar-refractivity contribution in [3.05, 3.63) is 29.6 Å². The van der Waals surface area contributed by atoms with E-state index in [-0.39, 0.29) is 11.4 Å². The smallest absolute Gasteiger partial charge is 0.313 e. The van der Waals surface area contributed by atoms with E-state index in [1.165, 1.54) is 17.2 Å². The number of nitrogens with one attached hydrogen (secondary N) is 1. The van der Waals surface area contributed by atoms with Crippen LogP contribution in [0.4, 0.5) is 5.69 Å². The highest BCUT2D eigenvalue weighted by atomic mass is 32.1. The first kappa shape index (κ1) is 11.5. The summed E-state index contributed by atoms with van der Waals surface area (Å²) >= 11 is 1.72. The van der Waals surface area contributed by atoms with Crippen molar-refractivity contribution in [1.29, 1.82) is 0 Å². The van der Waals surface area contributed by atoms with E-state index in [2.05, 4.69) is 22.8 Å². The van der Waals surface area contributed by atoms with Gasteiger partial charge in [0.05, 0.1) is 18.2 Å². The predicted octanol–water partition coefficient (Wildman–Crippen LogP) is 3.27. The van der Waals surface area contributed by atoms with Crippen LogP contribution < -0.4 is 5.32 Å². The molecule has 0 spiro atoms. The van der Waals surface area contributed by atoms with Crippen LogP contribution in [0.2, 0.25) is 0 Å². The number of fused-ring (bicyclic) bond motifs is 1. The van der Waals surface area contributed by atoms with E-state index in [0.717, 1.165) is 18.5 Å². The molecule has 0 unspecified atom stereocenters. The number of methoxy groups -OCH3 is 1. The normalized spacial score (nSPS) is 16.5. The van der Waals surface area contributed by atoms with Crippen molar-refractivity contribution in [2.24, 2.45) is 5.41 Å². The molecule has 1 heterocycles. The molecule has 94 valence electrons. The summed E-state index contributed by atoms with van der Waals surface area (Å²) in [5, 5.41) is 6.73. The summed E-state index contributed by atoms with van der Waals surface area (Å²) in [7, 11) is 1.46. The molecule has 0 radical (unpaired) electrons. The van der Waals surface area contributed by atoms with Gasteiger partial charge in [-0.3, -0.25) is 4.79 Å². The van der Waals surface area contributed by atoms with E-state index in [4.69, 9.17) is 4.74 Å². The Balaban J connectivity index is 1.76. The fraction of sp³-hybridized carbons (Fsp3) is 0.357. The van der Waals surface area contributed by atoms with E-state index in [1.54, 1.807) is 11.3 Å². The Kier molecular flexibility index (Phi) is 2.74. The second-order valence-corrected chi connectivity index (χ2v) is 5.68. The van der Waals surface area contributed by atoms with Gasteiger partial charge in [-0.2, -0.15) is 0 Å². The Bertz CT molecular complexity index is 586. The third-order valence-corrected chi connectivity index (χ3v) is 4.53. The fourth-order valence-corrected chi connectivity index (χ4v) is 3.12. The molecule has 1 saturated carbocycles. The van der Waals surface area contributed by atoms with Crippen molar-refractivity contribution < 1.29 is 9.53 Å². The molecule has 0 bridgehead atoms. The Labute approximate surface area is 110 Å². The number of hydrogen-bond acceptors (Lipinski definition) is 4. The van der Waals surface area contributed by atoms with Gasteiger partial charge in [0, 0.05) is 22.0 Å². The lowest BCUT2D eigenvalue weighted by molar-refractivity contribution is -0.146. The molecule has 0 aliphatic heterocycles. The lowest BCUT2D eigenvalue weighted by Gasteiger charge is -2.13. The number of ether oxygens (including phenoxy) is 1. The monoisotopic (exact) mass is 261 g/mol. The van der Waals surface area contributed by atoms with E-state index < -0.39 is 0 Å². The second-order valence-electron chi connectivity index (χ2n) is 4.77. The Hall–Kier alpha value is -1.55. The maximum Gasteiger partial charge on any atom is 0.313 e. The number of anilines is 1. The van der Waals surface area contributed by atoms with Crippen molar-refractivity contribution in [3.63, 3.8) is 0 Å². The van der Waals surface area contributed by atoms with Crippen LogP contribution in [0.5, 0.6) is 0 Å². The quantitative estimate of drug-likeness (QED) is 0.858. The summed E-state index contributed by atoms with van der Waals surface area (Å²) in [6.07, 6.45) is 1.85. The predicted molar refractivity (Wildman–Crippen MR) is 74.0 cm³/mol. The highest BCUT2D eigenvalue weighted by Crippen LogP contribution is 2.47. The maximum atomic E-state index is 11.7. The number of carbonyl (C=O) groups excluding carboxylic acids is 1. The fourth-order valence-electron chi connectivity index (χ4n) is 2.20. The molecule has 2 aromatic rings. The first-order valence-corrected chi connectivity index (χ1v) is 6.92. The number of thiophene rings is 1. The lowest BCUT2D eigenvalue weighted by Crippen LogP contribution is -2.25. The van der Waals surface area contributed by atoms with Crippen molar-refractivity contribution >= 4 is 33.1 Å². The van der Waals surface area contributed by atoms with Crippen LogP contribution in [0.15, 0.2) is 29.6 Å². The van der Waals surface area contributed by atoms with Gasteiger partial charge in [0.25, 0.3) is 0 Å². The van der Waals surface area contributed by atoms with E-state index in [9.17, 15) is 4.79 Å². The van der Waals surface area contributed by atoms with Gasteiger partial charge >= 0.3 is 5.97 Å².